The highest BCUT2D eigenvalue weighted by molar-refractivity contribution is 5.78. The zero-order valence-electron chi connectivity index (χ0n) is 18.9. The van der Waals surface area contributed by atoms with Crippen molar-refractivity contribution >= 4 is 17.3 Å². The Morgan fingerprint density at radius 1 is 0.971 bits per heavy atom. The first-order valence-electron chi connectivity index (χ1n) is 12.0. The van der Waals surface area contributed by atoms with Gasteiger partial charge in [0.2, 0.25) is 0 Å². The molecule has 0 amide bonds. The molecule has 3 aliphatic rings. The minimum Gasteiger partial charge on any atom is -0.354 e. The molecule has 5 heterocycles. The van der Waals surface area contributed by atoms with Crippen LogP contribution in [0.3, 0.4) is 0 Å². The van der Waals surface area contributed by atoms with Gasteiger partial charge in [-0.2, -0.15) is 5.10 Å². The number of nitrogens with zero attached hydrogens (tertiary/aromatic N) is 6. The van der Waals surface area contributed by atoms with E-state index in [1.807, 2.05) is 29.3 Å². The first-order chi connectivity index (χ1) is 17.0. The highest BCUT2D eigenvalue weighted by Crippen LogP contribution is 2.63. The number of alkyl halides is 1. The summed E-state index contributed by atoms with van der Waals surface area (Å²) in [5, 5.41) is 4.44. The van der Waals surface area contributed by atoms with E-state index in [0.717, 1.165) is 48.2 Å². The summed E-state index contributed by atoms with van der Waals surface area (Å²) in [6.45, 7) is 1.77. The third kappa shape index (κ3) is 3.13. The van der Waals surface area contributed by atoms with Crippen LogP contribution in [0.25, 0.3) is 16.8 Å². The molecular formula is C26H23F3N6. The van der Waals surface area contributed by atoms with Gasteiger partial charge in [-0.3, -0.25) is 0 Å². The molecule has 2 saturated heterocycles. The van der Waals surface area contributed by atoms with Gasteiger partial charge in [-0.25, -0.2) is 27.7 Å². The van der Waals surface area contributed by atoms with Crippen LogP contribution in [0.1, 0.15) is 24.8 Å². The molecule has 1 unspecified atom stereocenters. The lowest BCUT2D eigenvalue weighted by atomic mass is 10.0. The Morgan fingerprint density at radius 2 is 1.89 bits per heavy atom. The number of benzene rings is 1. The molecule has 7 rings (SSSR count). The van der Waals surface area contributed by atoms with E-state index in [1.54, 1.807) is 16.9 Å². The molecule has 4 aromatic rings. The fourth-order valence-electron chi connectivity index (χ4n) is 5.97. The number of pyridine rings is 1. The van der Waals surface area contributed by atoms with Crippen LogP contribution < -0.4 is 9.80 Å². The average molecular weight is 477 g/mol. The molecule has 1 saturated carbocycles. The number of halogens is 3. The minimum atomic E-state index is -0.806. The number of hydrogen-bond donors (Lipinski definition) is 0. The Kier molecular flexibility index (Phi) is 4.40. The van der Waals surface area contributed by atoms with Gasteiger partial charge < -0.3 is 9.80 Å². The minimum absolute atomic E-state index is 0.285. The van der Waals surface area contributed by atoms with Gasteiger partial charge >= 0.3 is 0 Å². The van der Waals surface area contributed by atoms with Crippen LogP contribution in [-0.4, -0.2) is 45.4 Å². The van der Waals surface area contributed by atoms with E-state index >= 15 is 0 Å². The summed E-state index contributed by atoms with van der Waals surface area (Å²) in [6, 6.07) is 9.44. The Balaban J connectivity index is 1.24. The predicted molar refractivity (Wildman–Crippen MR) is 126 cm³/mol. The summed E-state index contributed by atoms with van der Waals surface area (Å²) in [7, 11) is 0. The summed E-state index contributed by atoms with van der Waals surface area (Å²) in [5.41, 5.74) is 2.22. The van der Waals surface area contributed by atoms with Crippen molar-refractivity contribution in [3.8, 4) is 11.1 Å². The summed E-state index contributed by atoms with van der Waals surface area (Å²) in [6.07, 6.45) is 6.79. The van der Waals surface area contributed by atoms with Crippen LogP contribution in [0.15, 0.2) is 55.0 Å². The smallest absolute Gasteiger partial charge is 0.165 e. The first-order valence-corrected chi connectivity index (χ1v) is 12.0. The van der Waals surface area contributed by atoms with Gasteiger partial charge in [-0.1, -0.05) is 0 Å². The lowest BCUT2D eigenvalue weighted by Gasteiger charge is -2.30. The molecule has 0 spiro atoms. The third-order valence-corrected chi connectivity index (χ3v) is 7.80. The van der Waals surface area contributed by atoms with Gasteiger partial charge in [0.1, 0.15) is 29.4 Å². The zero-order valence-corrected chi connectivity index (χ0v) is 18.9. The van der Waals surface area contributed by atoms with Crippen LogP contribution in [0.2, 0.25) is 0 Å². The largest absolute Gasteiger partial charge is 0.354 e. The lowest BCUT2D eigenvalue weighted by Crippen LogP contribution is -2.34. The summed E-state index contributed by atoms with van der Waals surface area (Å²) < 4.78 is 44.1. The monoisotopic (exact) mass is 476 g/mol. The van der Waals surface area contributed by atoms with Crippen LogP contribution in [0, 0.1) is 17.6 Å². The van der Waals surface area contributed by atoms with E-state index in [4.69, 9.17) is 4.98 Å². The molecule has 6 nitrogen and oxygen atoms in total. The molecule has 0 radical (unpaired) electrons. The van der Waals surface area contributed by atoms with Crippen molar-refractivity contribution < 1.29 is 13.2 Å². The summed E-state index contributed by atoms with van der Waals surface area (Å²) >= 11 is 0. The van der Waals surface area contributed by atoms with E-state index in [0.29, 0.717) is 30.7 Å². The molecule has 3 fully saturated rings. The van der Waals surface area contributed by atoms with Gasteiger partial charge in [-0.15, -0.1) is 0 Å². The topological polar surface area (TPSA) is 49.6 Å². The predicted octanol–water partition coefficient (Wildman–Crippen LogP) is 4.74. The maximum Gasteiger partial charge on any atom is 0.165 e. The van der Waals surface area contributed by atoms with Crippen LogP contribution >= 0.6 is 0 Å². The van der Waals surface area contributed by atoms with Gasteiger partial charge in [0.25, 0.3) is 0 Å². The van der Waals surface area contributed by atoms with Crippen molar-refractivity contribution in [2.75, 3.05) is 29.4 Å². The molecule has 9 heteroatoms. The van der Waals surface area contributed by atoms with Gasteiger partial charge in [-0.05, 0) is 61.6 Å². The lowest BCUT2D eigenvalue weighted by molar-refractivity contribution is 0.364. The van der Waals surface area contributed by atoms with E-state index in [1.165, 1.54) is 12.1 Å². The molecule has 178 valence electrons. The molecule has 35 heavy (non-hydrogen) atoms. The maximum absolute atomic E-state index is 14.8. The Labute approximate surface area is 200 Å². The molecule has 2 aliphatic heterocycles. The van der Waals surface area contributed by atoms with Crippen molar-refractivity contribution in [3.05, 3.63) is 72.2 Å². The van der Waals surface area contributed by atoms with Crippen LogP contribution in [-0.2, 0) is 5.54 Å². The molecule has 1 aromatic carbocycles. The van der Waals surface area contributed by atoms with Crippen molar-refractivity contribution in [1.29, 1.82) is 0 Å². The fraction of sp³-hybridized carbons (Fsp3) is 0.346. The average Bonchev–Trinajstić information content (AvgIpc) is 3.19. The molecular weight excluding hydrogens is 453 g/mol. The number of piperidine rings is 1. The quantitative estimate of drug-likeness (QED) is 0.426. The summed E-state index contributed by atoms with van der Waals surface area (Å²) in [4.78, 5) is 13.5. The Hall–Kier alpha value is -3.62. The Morgan fingerprint density at radius 3 is 2.66 bits per heavy atom. The van der Waals surface area contributed by atoms with Crippen molar-refractivity contribution in [3.63, 3.8) is 0 Å². The zero-order chi connectivity index (χ0) is 23.7. The second kappa shape index (κ2) is 7.44. The van der Waals surface area contributed by atoms with Crippen molar-refractivity contribution in [2.24, 2.45) is 5.92 Å². The van der Waals surface area contributed by atoms with Gasteiger partial charge in [0, 0.05) is 42.2 Å². The highest BCUT2D eigenvalue weighted by atomic mass is 19.1. The standard InChI is InChI=1S/C26H23F3N6/c27-18-2-3-22(29)21(11-18)26-12-17(26)5-9-34(26)24-7-10-35-25(32-24)20(14-31-35)16-1-4-23(30-13-16)33-8-6-19(28)15-33/h1-4,7,10-11,13-14,17,19H,5-6,8-9,12,15H2/t17?,19-,26+/m0/s1. The molecule has 3 atom stereocenters. The van der Waals surface area contributed by atoms with E-state index in [2.05, 4.69) is 15.0 Å². The fourth-order valence-corrected chi connectivity index (χ4v) is 5.97. The van der Waals surface area contributed by atoms with Crippen LogP contribution in [0.5, 0.6) is 0 Å². The summed E-state index contributed by atoms with van der Waals surface area (Å²) in [5.74, 6) is 0.956. The second-order valence-corrected chi connectivity index (χ2v) is 9.74. The maximum atomic E-state index is 14.8. The van der Waals surface area contributed by atoms with Crippen molar-refractivity contribution in [1.82, 2.24) is 19.6 Å². The number of rotatable bonds is 4. The second-order valence-electron chi connectivity index (χ2n) is 9.74. The van der Waals surface area contributed by atoms with E-state index in [9.17, 15) is 13.2 Å². The Bertz CT molecular complexity index is 1440. The molecule has 0 bridgehead atoms. The SMILES string of the molecule is Fc1ccc(F)c([C@@]23CC2CCN3c2ccn3ncc(-c4ccc(N5CC[C@H](F)C5)nc4)c3n2)c1. The normalized spacial score (nSPS) is 25.5. The highest BCUT2D eigenvalue weighted by Gasteiger charge is 2.64. The number of anilines is 2. The van der Waals surface area contributed by atoms with Gasteiger partial charge in [0.15, 0.2) is 5.65 Å². The van der Waals surface area contributed by atoms with Gasteiger partial charge in [0.05, 0.1) is 18.3 Å². The first kappa shape index (κ1) is 20.7. The number of aromatic nitrogens is 4. The molecule has 0 N–H and O–H groups in total. The van der Waals surface area contributed by atoms with Crippen molar-refractivity contribution in [2.45, 2.75) is 31.0 Å². The number of hydrogen-bond acceptors (Lipinski definition) is 5. The van der Waals surface area contributed by atoms with E-state index < -0.39 is 17.5 Å². The van der Waals surface area contributed by atoms with E-state index in [-0.39, 0.29) is 11.7 Å². The molecule has 3 aromatic heterocycles. The number of fused-ring (bicyclic) bond motifs is 2. The van der Waals surface area contributed by atoms with Crippen LogP contribution in [0.4, 0.5) is 24.8 Å². The third-order valence-electron chi connectivity index (χ3n) is 7.80. The molecule has 1 aliphatic carbocycles.